The Bertz CT molecular complexity index is 1000. The molecule has 3 aromatic rings. The normalized spacial score (nSPS) is 16.4. The molecule has 1 aliphatic rings. The number of nitrogens with one attached hydrogen (secondary N) is 3. The summed E-state index contributed by atoms with van der Waals surface area (Å²) in [5.41, 5.74) is 2.96. The van der Waals surface area contributed by atoms with Crippen molar-refractivity contribution < 1.29 is 9.53 Å². The smallest absolute Gasteiger partial charge is 0.267 e. The molecule has 7 nitrogen and oxygen atoms in total. The SMILES string of the molecule is COc1ccc2cc(C(=O)NC3CCc4n[nH]c(=O)cc4C3)[nH]c2c1. The van der Waals surface area contributed by atoms with Gasteiger partial charge in [0.1, 0.15) is 11.4 Å². The highest BCUT2D eigenvalue weighted by Crippen LogP contribution is 2.22. The van der Waals surface area contributed by atoms with Gasteiger partial charge in [0.05, 0.1) is 12.8 Å². The van der Waals surface area contributed by atoms with Crippen LogP contribution < -0.4 is 15.6 Å². The number of carbonyl (C=O) groups is 1. The van der Waals surface area contributed by atoms with E-state index in [1.807, 2.05) is 24.3 Å². The van der Waals surface area contributed by atoms with E-state index in [2.05, 4.69) is 20.5 Å². The van der Waals surface area contributed by atoms with Crippen molar-refractivity contribution in [3.05, 3.63) is 57.6 Å². The minimum atomic E-state index is -0.213. The molecule has 3 N–H and O–H groups in total. The summed E-state index contributed by atoms with van der Waals surface area (Å²) in [4.78, 5) is 27.1. The Labute approximate surface area is 143 Å². The van der Waals surface area contributed by atoms with Crippen LogP contribution in [0.25, 0.3) is 10.9 Å². The molecule has 0 fully saturated rings. The first-order valence-corrected chi connectivity index (χ1v) is 8.17. The number of benzene rings is 1. The number of nitrogens with zero attached hydrogens (tertiary/aromatic N) is 1. The molecule has 0 saturated carbocycles. The Hall–Kier alpha value is -3.09. The van der Waals surface area contributed by atoms with Gasteiger partial charge in [-0.3, -0.25) is 9.59 Å². The molecule has 25 heavy (non-hydrogen) atoms. The third kappa shape index (κ3) is 3.00. The van der Waals surface area contributed by atoms with Crippen LogP contribution in [0.5, 0.6) is 5.75 Å². The molecule has 1 aromatic carbocycles. The molecule has 4 rings (SSSR count). The number of H-pyrrole nitrogens is 2. The maximum atomic E-state index is 12.6. The number of hydrogen-bond donors (Lipinski definition) is 3. The lowest BCUT2D eigenvalue weighted by Gasteiger charge is -2.24. The summed E-state index contributed by atoms with van der Waals surface area (Å²) in [6.45, 7) is 0. The molecule has 1 amide bonds. The van der Waals surface area contributed by atoms with E-state index in [4.69, 9.17) is 4.74 Å². The van der Waals surface area contributed by atoms with E-state index in [1.54, 1.807) is 13.2 Å². The predicted molar refractivity (Wildman–Crippen MR) is 93.0 cm³/mol. The van der Waals surface area contributed by atoms with E-state index in [1.165, 1.54) is 0 Å². The van der Waals surface area contributed by atoms with Crippen molar-refractivity contribution in [3.63, 3.8) is 0 Å². The molecule has 2 aromatic heterocycles. The van der Waals surface area contributed by atoms with Gasteiger partial charge in [0.2, 0.25) is 0 Å². The molecule has 0 spiro atoms. The van der Waals surface area contributed by atoms with E-state index in [-0.39, 0.29) is 17.5 Å². The van der Waals surface area contributed by atoms with Gasteiger partial charge in [-0.15, -0.1) is 0 Å². The van der Waals surface area contributed by atoms with Crippen LogP contribution in [0.1, 0.15) is 28.2 Å². The fourth-order valence-corrected chi connectivity index (χ4v) is 3.28. The molecule has 2 heterocycles. The summed E-state index contributed by atoms with van der Waals surface area (Å²) in [7, 11) is 1.61. The molecular weight excluding hydrogens is 320 g/mol. The van der Waals surface area contributed by atoms with Gasteiger partial charge in [0.25, 0.3) is 11.5 Å². The lowest BCUT2D eigenvalue weighted by molar-refractivity contribution is 0.0929. The molecule has 1 atom stereocenters. The van der Waals surface area contributed by atoms with Crippen molar-refractivity contribution in [2.75, 3.05) is 7.11 Å². The van der Waals surface area contributed by atoms with E-state index in [0.717, 1.165) is 40.8 Å². The number of ether oxygens (including phenoxy) is 1. The average Bonchev–Trinajstić information content (AvgIpc) is 3.04. The lowest BCUT2D eigenvalue weighted by atomic mass is 9.92. The zero-order chi connectivity index (χ0) is 17.4. The van der Waals surface area contributed by atoms with Gasteiger partial charge in [0.15, 0.2) is 0 Å². The molecule has 0 bridgehead atoms. The quantitative estimate of drug-likeness (QED) is 0.674. The fraction of sp³-hybridized carbons (Fsp3) is 0.278. The first kappa shape index (κ1) is 15.4. The van der Waals surface area contributed by atoms with Crippen molar-refractivity contribution in [3.8, 4) is 5.75 Å². The second-order valence-electron chi connectivity index (χ2n) is 6.25. The molecule has 0 aliphatic heterocycles. The molecule has 1 unspecified atom stereocenters. The highest BCUT2D eigenvalue weighted by atomic mass is 16.5. The maximum absolute atomic E-state index is 12.6. The zero-order valence-electron chi connectivity index (χ0n) is 13.8. The fourth-order valence-electron chi connectivity index (χ4n) is 3.28. The highest BCUT2D eigenvalue weighted by molar-refractivity contribution is 5.98. The van der Waals surface area contributed by atoms with Crippen molar-refractivity contribution in [2.24, 2.45) is 0 Å². The predicted octanol–water partition coefficient (Wildman–Crippen LogP) is 1.55. The Morgan fingerprint density at radius 2 is 2.20 bits per heavy atom. The van der Waals surface area contributed by atoms with Crippen LogP contribution in [0.4, 0.5) is 0 Å². The van der Waals surface area contributed by atoms with Crippen molar-refractivity contribution in [1.29, 1.82) is 0 Å². The number of rotatable bonds is 3. The van der Waals surface area contributed by atoms with Crippen LogP contribution in [0.15, 0.2) is 35.1 Å². The van der Waals surface area contributed by atoms with Crippen LogP contribution in [0.3, 0.4) is 0 Å². The van der Waals surface area contributed by atoms with Gasteiger partial charge in [-0.05, 0) is 43.0 Å². The number of amides is 1. The van der Waals surface area contributed by atoms with Crippen LogP contribution in [-0.2, 0) is 12.8 Å². The average molecular weight is 338 g/mol. The lowest BCUT2D eigenvalue weighted by Crippen LogP contribution is -2.39. The number of aromatic nitrogens is 3. The first-order chi connectivity index (χ1) is 12.1. The number of carbonyl (C=O) groups excluding carboxylic acids is 1. The summed E-state index contributed by atoms with van der Waals surface area (Å²) in [6.07, 6.45) is 2.15. The number of methoxy groups -OCH3 is 1. The van der Waals surface area contributed by atoms with E-state index in [0.29, 0.717) is 12.1 Å². The minimum Gasteiger partial charge on any atom is -0.497 e. The summed E-state index contributed by atoms with van der Waals surface area (Å²) >= 11 is 0. The Morgan fingerprint density at radius 1 is 1.32 bits per heavy atom. The largest absolute Gasteiger partial charge is 0.497 e. The van der Waals surface area contributed by atoms with Crippen molar-refractivity contribution >= 4 is 16.8 Å². The van der Waals surface area contributed by atoms with E-state index < -0.39 is 0 Å². The van der Waals surface area contributed by atoms with Gasteiger partial charge in [-0.2, -0.15) is 5.10 Å². The number of hydrogen-bond acceptors (Lipinski definition) is 4. The minimum absolute atomic E-state index is 0.00968. The molecule has 1 aliphatic carbocycles. The van der Waals surface area contributed by atoms with Gasteiger partial charge >= 0.3 is 0 Å². The Morgan fingerprint density at radius 3 is 3.04 bits per heavy atom. The molecule has 0 radical (unpaired) electrons. The number of aromatic amines is 2. The number of aryl methyl sites for hydroxylation is 1. The summed E-state index contributed by atoms with van der Waals surface area (Å²) in [5, 5.41) is 10.5. The zero-order valence-corrected chi connectivity index (χ0v) is 13.8. The molecule has 7 heteroatoms. The number of fused-ring (bicyclic) bond motifs is 2. The standard InChI is InChI=1S/C18H18N4O3/c1-25-13-4-2-10-7-16(20-15(10)9-13)18(24)19-12-3-5-14-11(6-12)8-17(23)22-21-14/h2,4,7-9,12,20H,3,5-6H2,1H3,(H,19,24)(H,22,23). The van der Waals surface area contributed by atoms with Gasteiger partial charge in [0, 0.05) is 29.1 Å². The van der Waals surface area contributed by atoms with Crippen LogP contribution in [-0.4, -0.2) is 34.2 Å². The molecular formula is C18H18N4O3. The third-order valence-electron chi connectivity index (χ3n) is 4.58. The maximum Gasteiger partial charge on any atom is 0.267 e. The highest BCUT2D eigenvalue weighted by Gasteiger charge is 2.22. The van der Waals surface area contributed by atoms with Crippen molar-refractivity contribution in [2.45, 2.75) is 25.3 Å². The molecule has 128 valence electrons. The third-order valence-corrected chi connectivity index (χ3v) is 4.58. The topological polar surface area (TPSA) is 99.9 Å². The Kier molecular flexibility index (Phi) is 3.76. The molecule has 0 saturated heterocycles. The van der Waals surface area contributed by atoms with Gasteiger partial charge in [-0.25, -0.2) is 5.10 Å². The van der Waals surface area contributed by atoms with Crippen LogP contribution in [0.2, 0.25) is 0 Å². The van der Waals surface area contributed by atoms with Gasteiger partial charge in [-0.1, -0.05) is 0 Å². The van der Waals surface area contributed by atoms with Crippen molar-refractivity contribution in [1.82, 2.24) is 20.5 Å². The second-order valence-corrected chi connectivity index (χ2v) is 6.25. The van der Waals surface area contributed by atoms with E-state index in [9.17, 15) is 9.59 Å². The second kappa shape index (κ2) is 6.08. The monoisotopic (exact) mass is 338 g/mol. The van der Waals surface area contributed by atoms with Crippen LogP contribution in [0, 0.1) is 0 Å². The summed E-state index contributed by atoms with van der Waals surface area (Å²) in [5.74, 6) is 0.587. The van der Waals surface area contributed by atoms with Gasteiger partial charge < -0.3 is 15.0 Å². The van der Waals surface area contributed by atoms with E-state index >= 15 is 0 Å². The first-order valence-electron chi connectivity index (χ1n) is 8.17. The van der Waals surface area contributed by atoms with Crippen LogP contribution >= 0.6 is 0 Å². The summed E-state index contributed by atoms with van der Waals surface area (Å²) in [6, 6.07) is 9.02. The summed E-state index contributed by atoms with van der Waals surface area (Å²) < 4.78 is 5.20. The Balaban J connectivity index is 1.51.